The monoisotopic (exact) mass is 288 g/mol. The maximum absolute atomic E-state index is 2.64. The third kappa shape index (κ3) is 4.31. The van der Waals surface area contributed by atoms with Gasteiger partial charge in [0.25, 0.3) is 0 Å². The van der Waals surface area contributed by atoms with E-state index >= 15 is 0 Å². The van der Waals surface area contributed by atoms with E-state index in [0.717, 1.165) is 12.5 Å². The van der Waals surface area contributed by atoms with Gasteiger partial charge in [0.15, 0.2) is 0 Å². The van der Waals surface area contributed by atoms with Crippen LogP contribution in [-0.4, -0.2) is 42.0 Å². The van der Waals surface area contributed by atoms with Crippen molar-refractivity contribution in [2.24, 2.45) is 5.92 Å². The van der Waals surface area contributed by atoms with Gasteiger partial charge >= 0.3 is 0 Å². The number of hydrogen-bond donors (Lipinski definition) is 0. The molecule has 0 bridgehead atoms. The van der Waals surface area contributed by atoms with Crippen LogP contribution >= 0.6 is 0 Å². The maximum atomic E-state index is 2.64. The van der Waals surface area contributed by atoms with Crippen molar-refractivity contribution < 1.29 is 0 Å². The van der Waals surface area contributed by atoms with Crippen molar-refractivity contribution >= 4 is 0 Å². The SMILES string of the molecule is CCN1CCN(Cc2cccc(C(C)C)c2)C[C@@H]1C(C)C. The Kier molecular flexibility index (Phi) is 5.83. The lowest BCUT2D eigenvalue weighted by atomic mass is 9.98. The normalized spacial score (nSPS) is 21.4. The fourth-order valence-corrected chi connectivity index (χ4v) is 3.38. The molecule has 1 aliphatic heterocycles. The zero-order valence-electron chi connectivity index (χ0n) is 14.5. The lowest BCUT2D eigenvalue weighted by molar-refractivity contribution is 0.0500. The molecule has 0 radical (unpaired) electrons. The Morgan fingerprint density at radius 1 is 1.14 bits per heavy atom. The molecule has 1 aromatic rings. The number of likely N-dealkylation sites (N-methyl/N-ethyl adjacent to an activating group) is 1. The van der Waals surface area contributed by atoms with Crippen LogP contribution in [0.1, 0.15) is 51.7 Å². The number of hydrogen-bond acceptors (Lipinski definition) is 2. The minimum absolute atomic E-state index is 0.616. The number of nitrogens with zero attached hydrogens (tertiary/aromatic N) is 2. The van der Waals surface area contributed by atoms with E-state index in [4.69, 9.17) is 0 Å². The van der Waals surface area contributed by atoms with E-state index in [1.165, 1.54) is 37.3 Å². The summed E-state index contributed by atoms with van der Waals surface area (Å²) >= 11 is 0. The molecule has 1 heterocycles. The second-order valence-electron chi connectivity index (χ2n) is 7.07. The zero-order chi connectivity index (χ0) is 15.4. The molecule has 0 aliphatic carbocycles. The Labute approximate surface area is 131 Å². The van der Waals surface area contributed by atoms with E-state index in [2.05, 4.69) is 68.7 Å². The van der Waals surface area contributed by atoms with Gasteiger partial charge in [-0.3, -0.25) is 9.80 Å². The van der Waals surface area contributed by atoms with Gasteiger partial charge in [0.05, 0.1) is 0 Å². The van der Waals surface area contributed by atoms with Gasteiger partial charge in [-0.2, -0.15) is 0 Å². The maximum Gasteiger partial charge on any atom is 0.0246 e. The predicted molar refractivity (Wildman–Crippen MR) is 91.7 cm³/mol. The summed E-state index contributed by atoms with van der Waals surface area (Å²) in [6.45, 7) is 17.4. The van der Waals surface area contributed by atoms with Gasteiger partial charge in [0, 0.05) is 32.2 Å². The molecule has 1 aliphatic rings. The molecule has 1 atom stereocenters. The van der Waals surface area contributed by atoms with Crippen LogP contribution in [0.2, 0.25) is 0 Å². The zero-order valence-corrected chi connectivity index (χ0v) is 14.5. The first kappa shape index (κ1) is 16.5. The highest BCUT2D eigenvalue weighted by Crippen LogP contribution is 2.20. The summed E-state index contributed by atoms with van der Waals surface area (Å²) in [6.07, 6.45) is 0. The van der Waals surface area contributed by atoms with Crippen LogP contribution in [0.3, 0.4) is 0 Å². The van der Waals surface area contributed by atoms with Crippen LogP contribution in [0.25, 0.3) is 0 Å². The molecule has 0 spiro atoms. The molecular weight excluding hydrogens is 256 g/mol. The molecule has 0 saturated carbocycles. The van der Waals surface area contributed by atoms with Crippen molar-refractivity contribution in [3.8, 4) is 0 Å². The molecule has 0 unspecified atom stereocenters. The van der Waals surface area contributed by atoms with Crippen LogP contribution in [0.4, 0.5) is 0 Å². The standard InChI is InChI=1S/C19H32N2/c1-6-21-11-10-20(14-19(21)16(4)5)13-17-8-7-9-18(12-17)15(2)3/h7-9,12,15-16,19H,6,10-11,13-14H2,1-5H3/t19-/m1/s1. The first-order valence-corrected chi connectivity index (χ1v) is 8.56. The van der Waals surface area contributed by atoms with Gasteiger partial charge < -0.3 is 0 Å². The van der Waals surface area contributed by atoms with Crippen LogP contribution in [0.5, 0.6) is 0 Å². The Bertz CT molecular complexity index is 439. The van der Waals surface area contributed by atoms with E-state index in [1.807, 2.05) is 0 Å². The second-order valence-corrected chi connectivity index (χ2v) is 7.07. The van der Waals surface area contributed by atoms with Crippen LogP contribution in [0, 0.1) is 5.92 Å². The van der Waals surface area contributed by atoms with Crippen molar-refractivity contribution in [1.29, 1.82) is 0 Å². The number of benzene rings is 1. The largest absolute Gasteiger partial charge is 0.298 e. The molecule has 1 fully saturated rings. The molecule has 2 heteroatoms. The molecule has 2 rings (SSSR count). The van der Waals surface area contributed by atoms with Crippen LogP contribution in [-0.2, 0) is 6.54 Å². The predicted octanol–water partition coefficient (Wildman–Crippen LogP) is 3.97. The summed E-state index contributed by atoms with van der Waals surface area (Å²) in [5.41, 5.74) is 2.92. The van der Waals surface area contributed by atoms with E-state index in [-0.39, 0.29) is 0 Å². The van der Waals surface area contributed by atoms with E-state index < -0.39 is 0 Å². The Balaban J connectivity index is 2.01. The van der Waals surface area contributed by atoms with Gasteiger partial charge in [0.2, 0.25) is 0 Å². The molecule has 21 heavy (non-hydrogen) atoms. The third-order valence-electron chi connectivity index (χ3n) is 4.82. The highest BCUT2D eigenvalue weighted by molar-refractivity contribution is 5.25. The van der Waals surface area contributed by atoms with E-state index in [9.17, 15) is 0 Å². The van der Waals surface area contributed by atoms with Crippen molar-refractivity contribution in [3.05, 3.63) is 35.4 Å². The lowest BCUT2D eigenvalue weighted by Crippen LogP contribution is -2.54. The average Bonchev–Trinajstić information content (AvgIpc) is 2.47. The fraction of sp³-hybridized carbons (Fsp3) is 0.684. The summed E-state index contributed by atoms with van der Waals surface area (Å²) in [4.78, 5) is 5.28. The topological polar surface area (TPSA) is 6.48 Å². The van der Waals surface area contributed by atoms with Gasteiger partial charge in [0.1, 0.15) is 0 Å². The second kappa shape index (κ2) is 7.42. The molecule has 0 amide bonds. The summed E-state index contributed by atoms with van der Waals surface area (Å²) in [5, 5.41) is 0. The molecule has 118 valence electrons. The van der Waals surface area contributed by atoms with Crippen LogP contribution in [0.15, 0.2) is 24.3 Å². The quantitative estimate of drug-likeness (QED) is 0.809. The van der Waals surface area contributed by atoms with E-state index in [1.54, 1.807) is 0 Å². The summed E-state index contributed by atoms with van der Waals surface area (Å²) in [7, 11) is 0. The van der Waals surface area contributed by atoms with Gasteiger partial charge in [-0.05, 0) is 29.5 Å². The summed E-state index contributed by atoms with van der Waals surface area (Å²) < 4.78 is 0. The van der Waals surface area contributed by atoms with Crippen molar-refractivity contribution in [2.45, 2.75) is 53.1 Å². The highest BCUT2D eigenvalue weighted by Gasteiger charge is 2.27. The minimum atomic E-state index is 0.616. The number of piperazine rings is 1. The minimum Gasteiger partial charge on any atom is -0.298 e. The van der Waals surface area contributed by atoms with E-state index in [0.29, 0.717) is 12.0 Å². The molecule has 1 saturated heterocycles. The Morgan fingerprint density at radius 2 is 1.90 bits per heavy atom. The number of rotatable bonds is 5. The van der Waals surface area contributed by atoms with Crippen molar-refractivity contribution in [2.75, 3.05) is 26.2 Å². The van der Waals surface area contributed by atoms with Gasteiger partial charge in [-0.25, -0.2) is 0 Å². The molecule has 1 aromatic carbocycles. The smallest absolute Gasteiger partial charge is 0.0246 e. The fourth-order valence-electron chi connectivity index (χ4n) is 3.38. The average molecular weight is 288 g/mol. The third-order valence-corrected chi connectivity index (χ3v) is 4.82. The Morgan fingerprint density at radius 3 is 2.52 bits per heavy atom. The van der Waals surface area contributed by atoms with Crippen LogP contribution < -0.4 is 0 Å². The first-order chi connectivity index (χ1) is 10.0. The molecule has 0 aromatic heterocycles. The molecule has 0 N–H and O–H groups in total. The highest BCUT2D eigenvalue weighted by atomic mass is 15.3. The molecular formula is C19H32N2. The van der Waals surface area contributed by atoms with Crippen molar-refractivity contribution in [1.82, 2.24) is 9.80 Å². The lowest BCUT2D eigenvalue weighted by Gasteiger charge is -2.43. The van der Waals surface area contributed by atoms with Gasteiger partial charge in [-0.1, -0.05) is 58.9 Å². The summed E-state index contributed by atoms with van der Waals surface area (Å²) in [5.74, 6) is 1.35. The first-order valence-electron chi connectivity index (χ1n) is 8.56. The van der Waals surface area contributed by atoms with Crippen molar-refractivity contribution in [3.63, 3.8) is 0 Å². The summed E-state index contributed by atoms with van der Waals surface area (Å²) in [6, 6.07) is 9.84. The molecule has 2 nitrogen and oxygen atoms in total. The Hall–Kier alpha value is -0.860. The van der Waals surface area contributed by atoms with Gasteiger partial charge in [-0.15, -0.1) is 0 Å².